The van der Waals surface area contributed by atoms with Gasteiger partial charge in [0.25, 0.3) is 5.91 Å². The van der Waals surface area contributed by atoms with Gasteiger partial charge in [0, 0.05) is 21.9 Å². The van der Waals surface area contributed by atoms with Gasteiger partial charge in [-0.2, -0.15) is 0 Å². The van der Waals surface area contributed by atoms with Gasteiger partial charge in [0.1, 0.15) is 10.7 Å². The third-order valence-corrected chi connectivity index (χ3v) is 5.15. The Kier molecular flexibility index (Phi) is 4.59. The van der Waals surface area contributed by atoms with Crippen molar-refractivity contribution in [2.24, 2.45) is 0 Å². The normalized spacial score (nSPS) is 10.8. The number of pyridine rings is 1. The Morgan fingerprint density at radius 1 is 1.00 bits per heavy atom. The number of para-hydroxylation sites is 1. The Bertz CT molecular complexity index is 1070. The molecule has 2 heterocycles. The average molecular weight is 400 g/mol. The Morgan fingerprint density at radius 2 is 1.77 bits per heavy atom. The molecule has 0 fully saturated rings. The van der Waals surface area contributed by atoms with E-state index in [-0.39, 0.29) is 5.91 Å². The van der Waals surface area contributed by atoms with Crippen LogP contribution in [0.15, 0.2) is 60.8 Å². The van der Waals surface area contributed by atoms with Crippen LogP contribution in [-0.4, -0.2) is 15.9 Å². The van der Waals surface area contributed by atoms with Gasteiger partial charge in [-0.3, -0.25) is 9.78 Å². The minimum absolute atomic E-state index is 0.300. The van der Waals surface area contributed by atoms with E-state index in [9.17, 15) is 4.79 Å². The second-order valence-electron chi connectivity index (χ2n) is 5.50. The van der Waals surface area contributed by atoms with Crippen LogP contribution < -0.4 is 5.32 Å². The van der Waals surface area contributed by atoms with Crippen LogP contribution in [0.5, 0.6) is 0 Å². The number of fused-ring (bicyclic) bond motifs is 1. The molecule has 0 bridgehead atoms. The van der Waals surface area contributed by atoms with Gasteiger partial charge in [-0.15, -0.1) is 11.3 Å². The van der Waals surface area contributed by atoms with E-state index in [2.05, 4.69) is 15.3 Å². The number of rotatable bonds is 3. The fourth-order valence-electron chi connectivity index (χ4n) is 2.56. The predicted octanol–water partition coefficient (Wildman–Crippen LogP) is 5.92. The quantitative estimate of drug-likeness (QED) is 0.465. The summed E-state index contributed by atoms with van der Waals surface area (Å²) in [5, 5.41) is 4.41. The number of hydrogen-bond donors (Lipinski definition) is 1. The maximum absolute atomic E-state index is 12.8. The minimum atomic E-state index is -0.300. The number of thiazole rings is 1. The molecule has 0 saturated carbocycles. The lowest BCUT2D eigenvalue weighted by atomic mass is 10.1. The van der Waals surface area contributed by atoms with Crippen LogP contribution >= 0.6 is 34.5 Å². The van der Waals surface area contributed by atoms with Crippen LogP contribution in [0, 0.1) is 0 Å². The topological polar surface area (TPSA) is 54.9 Å². The molecule has 4 nitrogen and oxygen atoms in total. The first-order chi connectivity index (χ1) is 12.6. The fourth-order valence-corrected chi connectivity index (χ4v) is 4.06. The molecule has 26 heavy (non-hydrogen) atoms. The van der Waals surface area contributed by atoms with E-state index in [1.54, 1.807) is 36.5 Å². The molecule has 2 aromatic carbocycles. The van der Waals surface area contributed by atoms with Gasteiger partial charge < -0.3 is 5.32 Å². The second-order valence-corrected chi connectivity index (χ2v) is 7.40. The van der Waals surface area contributed by atoms with E-state index in [0.29, 0.717) is 32.0 Å². The molecule has 7 heteroatoms. The number of halogens is 2. The zero-order valence-corrected chi connectivity index (χ0v) is 15.6. The first-order valence-corrected chi connectivity index (χ1v) is 9.26. The number of nitrogens with zero attached hydrogens (tertiary/aromatic N) is 2. The summed E-state index contributed by atoms with van der Waals surface area (Å²) in [5.74, 6) is -0.300. The van der Waals surface area contributed by atoms with Crippen LogP contribution in [0.2, 0.25) is 10.0 Å². The first kappa shape index (κ1) is 17.0. The average Bonchev–Trinajstić information content (AvgIpc) is 3.05. The van der Waals surface area contributed by atoms with Crippen molar-refractivity contribution in [3.8, 4) is 10.7 Å². The molecule has 0 aliphatic heterocycles. The predicted molar refractivity (Wildman–Crippen MR) is 107 cm³/mol. The smallest absolute Gasteiger partial charge is 0.257 e. The van der Waals surface area contributed by atoms with Crippen LogP contribution in [0.4, 0.5) is 5.69 Å². The van der Waals surface area contributed by atoms with Gasteiger partial charge in [-0.05, 0) is 42.5 Å². The molecule has 2 aromatic heterocycles. The molecular formula is C19H11Cl2N3OS. The highest BCUT2D eigenvalue weighted by molar-refractivity contribution is 7.21. The lowest BCUT2D eigenvalue weighted by Gasteiger charge is -2.08. The summed E-state index contributed by atoms with van der Waals surface area (Å²) in [5.41, 5.74) is 2.37. The molecule has 128 valence electrons. The van der Waals surface area contributed by atoms with Crippen LogP contribution in [0.1, 0.15) is 10.4 Å². The summed E-state index contributed by atoms with van der Waals surface area (Å²) in [6.45, 7) is 0. The molecule has 4 aromatic rings. The molecule has 0 spiro atoms. The number of aromatic nitrogens is 2. The van der Waals surface area contributed by atoms with E-state index >= 15 is 0 Å². The fraction of sp³-hybridized carbons (Fsp3) is 0. The van der Waals surface area contributed by atoms with E-state index < -0.39 is 0 Å². The third-order valence-electron chi connectivity index (χ3n) is 3.67. The summed E-state index contributed by atoms with van der Waals surface area (Å²) in [6.07, 6.45) is 1.65. The molecule has 1 N–H and O–H groups in total. The van der Waals surface area contributed by atoms with E-state index in [4.69, 9.17) is 23.2 Å². The van der Waals surface area contributed by atoms with Crippen molar-refractivity contribution < 1.29 is 4.79 Å². The van der Waals surface area contributed by atoms with Crippen molar-refractivity contribution in [2.75, 3.05) is 5.32 Å². The van der Waals surface area contributed by atoms with Crippen molar-refractivity contribution >= 4 is 56.3 Å². The summed E-state index contributed by atoms with van der Waals surface area (Å²) in [7, 11) is 0. The number of amides is 1. The van der Waals surface area contributed by atoms with E-state index in [1.165, 1.54) is 11.3 Å². The first-order valence-electron chi connectivity index (χ1n) is 7.68. The van der Waals surface area contributed by atoms with Gasteiger partial charge in [0.15, 0.2) is 0 Å². The summed E-state index contributed by atoms with van der Waals surface area (Å²) in [4.78, 5) is 21.8. The van der Waals surface area contributed by atoms with Crippen molar-refractivity contribution in [3.05, 3.63) is 76.4 Å². The summed E-state index contributed by atoms with van der Waals surface area (Å²) < 4.78 is 1.04. The Balaban J connectivity index is 1.72. The monoisotopic (exact) mass is 399 g/mol. The Hall–Kier alpha value is -2.47. The van der Waals surface area contributed by atoms with Gasteiger partial charge >= 0.3 is 0 Å². The molecule has 4 rings (SSSR count). The number of benzene rings is 2. The zero-order valence-electron chi connectivity index (χ0n) is 13.2. The van der Waals surface area contributed by atoms with Crippen LogP contribution in [-0.2, 0) is 0 Å². The largest absolute Gasteiger partial charge is 0.322 e. The van der Waals surface area contributed by atoms with Crippen molar-refractivity contribution in [1.29, 1.82) is 0 Å². The van der Waals surface area contributed by atoms with Gasteiger partial charge in [0.2, 0.25) is 0 Å². The molecule has 1 amide bonds. The van der Waals surface area contributed by atoms with E-state index in [1.807, 2.05) is 24.3 Å². The number of carbonyl (C=O) groups excluding carboxylic acids is 1. The maximum Gasteiger partial charge on any atom is 0.257 e. The SMILES string of the molecule is O=C(Nc1cc(Cl)cc(Cl)c1)c1cccnc1-c1nc2ccccc2s1. The van der Waals surface area contributed by atoms with Crippen molar-refractivity contribution in [2.45, 2.75) is 0 Å². The van der Waals surface area contributed by atoms with E-state index in [0.717, 1.165) is 10.2 Å². The van der Waals surface area contributed by atoms with Gasteiger partial charge in [-0.1, -0.05) is 35.3 Å². The lowest BCUT2D eigenvalue weighted by molar-refractivity contribution is 0.102. The highest BCUT2D eigenvalue weighted by atomic mass is 35.5. The highest BCUT2D eigenvalue weighted by Gasteiger charge is 2.17. The molecule has 0 saturated heterocycles. The molecule has 0 aliphatic carbocycles. The van der Waals surface area contributed by atoms with Crippen LogP contribution in [0.25, 0.3) is 20.9 Å². The van der Waals surface area contributed by atoms with Crippen molar-refractivity contribution in [3.63, 3.8) is 0 Å². The third kappa shape index (κ3) is 3.42. The number of hydrogen-bond acceptors (Lipinski definition) is 4. The molecule has 0 radical (unpaired) electrons. The lowest BCUT2D eigenvalue weighted by Crippen LogP contribution is -2.13. The minimum Gasteiger partial charge on any atom is -0.322 e. The Labute approximate surface area is 163 Å². The van der Waals surface area contributed by atoms with Crippen molar-refractivity contribution in [1.82, 2.24) is 9.97 Å². The Morgan fingerprint density at radius 3 is 2.54 bits per heavy atom. The zero-order chi connectivity index (χ0) is 18.1. The van der Waals surface area contributed by atoms with Gasteiger partial charge in [-0.25, -0.2) is 4.98 Å². The highest BCUT2D eigenvalue weighted by Crippen LogP contribution is 2.31. The number of carbonyl (C=O) groups is 1. The molecular weight excluding hydrogens is 389 g/mol. The standard InChI is InChI=1S/C19H11Cl2N3OS/c20-11-8-12(21)10-13(9-11)23-18(25)14-4-3-7-22-17(14)19-24-15-5-1-2-6-16(15)26-19/h1-10H,(H,23,25). The summed E-state index contributed by atoms with van der Waals surface area (Å²) >= 11 is 13.5. The summed E-state index contributed by atoms with van der Waals surface area (Å²) in [6, 6.07) is 16.1. The molecule has 0 unspecified atom stereocenters. The number of anilines is 1. The second kappa shape index (κ2) is 7.03. The maximum atomic E-state index is 12.8. The van der Waals surface area contributed by atoms with Gasteiger partial charge in [0.05, 0.1) is 15.8 Å². The van der Waals surface area contributed by atoms with Crippen LogP contribution in [0.3, 0.4) is 0 Å². The molecule has 0 aliphatic rings. The molecule has 0 atom stereocenters. The number of nitrogens with one attached hydrogen (secondary N) is 1.